The maximum atomic E-state index is 6.40. The standard InChI is InChI=1S/C29H35NO3.ClH/c1-21(32-25-13-7-5-8-14-25)24-18-27(22(2)33-26-15-9-6-10-16-26)29(28(19-24)31-4)23-12-11-17-30(3)20-23;/h5-10,13-16,18-19,21-23H,11-12,17,20H2,1-4H3;1H. The van der Waals surface area contributed by atoms with Crippen LogP contribution in [0, 0.1) is 0 Å². The van der Waals surface area contributed by atoms with Crippen molar-refractivity contribution in [3.05, 3.63) is 89.5 Å². The molecule has 0 spiro atoms. The van der Waals surface area contributed by atoms with E-state index >= 15 is 0 Å². The van der Waals surface area contributed by atoms with Gasteiger partial charge in [-0.2, -0.15) is 0 Å². The molecule has 0 saturated carbocycles. The molecule has 34 heavy (non-hydrogen) atoms. The van der Waals surface area contributed by atoms with E-state index in [1.807, 2.05) is 60.7 Å². The minimum Gasteiger partial charge on any atom is -0.496 e. The van der Waals surface area contributed by atoms with Crippen LogP contribution in [0.1, 0.15) is 61.5 Å². The fraction of sp³-hybridized carbons (Fsp3) is 0.379. The Morgan fingerprint density at radius 1 is 0.853 bits per heavy atom. The van der Waals surface area contributed by atoms with Gasteiger partial charge in [0.1, 0.15) is 29.5 Å². The van der Waals surface area contributed by atoms with Crippen molar-refractivity contribution >= 4 is 12.4 Å². The number of likely N-dealkylation sites (tertiary alicyclic amines) is 1. The lowest BCUT2D eigenvalue weighted by molar-refractivity contribution is 0.212. The van der Waals surface area contributed by atoms with Gasteiger partial charge in [0.25, 0.3) is 0 Å². The minimum absolute atomic E-state index is 0. The Morgan fingerprint density at radius 2 is 1.44 bits per heavy atom. The molecule has 3 aromatic carbocycles. The number of nitrogens with zero attached hydrogens (tertiary/aromatic N) is 1. The lowest BCUT2D eigenvalue weighted by atomic mass is 9.84. The van der Waals surface area contributed by atoms with E-state index in [0.29, 0.717) is 5.92 Å². The molecule has 0 aromatic heterocycles. The van der Waals surface area contributed by atoms with Gasteiger partial charge in [0, 0.05) is 18.0 Å². The zero-order chi connectivity index (χ0) is 23.2. The van der Waals surface area contributed by atoms with Gasteiger partial charge >= 0.3 is 0 Å². The van der Waals surface area contributed by atoms with E-state index in [4.69, 9.17) is 14.2 Å². The monoisotopic (exact) mass is 481 g/mol. The SMILES string of the molecule is COc1cc(C(C)Oc2ccccc2)cc(C(C)Oc2ccccc2)c1C1CCCN(C)C1.Cl. The summed E-state index contributed by atoms with van der Waals surface area (Å²) < 4.78 is 18.6. The quantitative estimate of drug-likeness (QED) is 0.340. The molecule has 3 aromatic rings. The van der Waals surface area contributed by atoms with Crippen molar-refractivity contribution in [3.8, 4) is 17.2 Å². The summed E-state index contributed by atoms with van der Waals surface area (Å²) in [4.78, 5) is 2.41. The summed E-state index contributed by atoms with van der Waals surface area (Å²) in [6.45, 7) is 6.38. The van der Waals surface area contributed by atoms with Crippen molar-refractivity contribution in [2.75, 3.05) is 27.2 Å². The molecule has 3 atom stereocenters. The third-order valence-electron chi connectivity index (χ3n) is 6.47. The van der Waals surface area contributed by atoms with E-state index in [1.54, 1.807) is 7.11 Å². The molecule has 1 saturated heterocycles. The summed E-state index contributed by atoms with van der Waals surface area (Å²) in [6, 6.07) is 24.4. The number of para-hydroxylation sites is 2. The summed E-state index contributed by atoms with van der Waals surface area (Å²) in [6.07, 6.45) is 2.10. The second-order valence-electron chi connectivity index (χ2n) is 8.97. The first-order valence-electron chi connectivity index (χ1n) is 11.9. The highest BCUT2D eigenvalue weighted by Crippen LogP contribution is 2.41. The minimum atomic E-state index is -0.118. The molecule has 0 amide bonds. The fourth-order valence-electron chi connectivity index (χ4n) is 4.79. The molecule has 0 aliphatic carbocycles. The van der Waals surface area contributed by atoms with Gasteiger partial charge in [-0.05, 0) is 87.8 Å². The summed E-state index contributed by atoms with van der Waals surface area (Å²) in [7, 11) is 3.97. The first-order chi connectivity index (χ1) is 16.0. The molecule has 0 N–H and O–H groups in total. The van der Waals surface area contributed by atoms with E-state index in [2.05, 4.69) is 37.9 Å². The largest absolute Gasteiger partial charge is 0.496 e. The topological polar surface area (TPSA) is 30.9 Å². The maximum absolute atomic E-state index is 6.40. The zero-order valence-corrected chi connectivity index (χ0v) is 21.4. The molecule has 1 fully saturated rings. The van der Waals surface area contributed by atoms with Gasteiger partial charge in [0.2, 0.25) is 0 Å². The Morgan fingerprint density at radius 3 is 2.00 bits per heavy atom. The number of hydrogen-bond acceptors (Lipinski definition) is 4. The van der Waals surface area contributed by atoms with Crippen LogP contribution in [0.2, 0.25) is 0 Å². The fourth-order valence-corrected chi connectivity index (χ4v) is 4.79. The summed E-state index contributed by atoms with van der Waals surface area (Å²) in [5.41, 5.74) is 3.53. The summed E-state index contributed by atoms with van der Waals surface area (Å²) in [5.74, 6) is 3.07. The van der Waals surface area contributed by atoms with E-state index < -0.39 is 0 Å². The van der Waals surface area contributed by atoms with Crippen molar-refractivity contribution < 1.29 is 14.2 Å². The molecule has 0 bridgehead atoms. The number of methoxy groups -OCH3 is 1. The molecule has 5 heteroatoms. The molecule has 4 rings (SSSR count). The van der Waals surface area contributed by atoms with E-state index in [1.165, 1.54) is 17.5 Å². The second-order valence-corrected chi connectivity index (χ2v) is 8.97. The molecule has 0 radical (unpaired) electrons. The number of ether oxygens (including phenoxy) is 3. The van der Waals surface area contributed by atoms with Crippen LogP contribution in [0.3, 0.4) is 0 Å². The maximum Gasteiger partial charge on any atom is 0.123 e. The van der Waals surface area contributed by atoms with Gasteiger partial charge in [-0.1, -0.05) is 36.4 Å². The molecule has 4 nitrogen and oxygen atoms in total. The number of likely N-dealkylation sites (N-methyl/N-ethyl adjacent to an activating group) is 1. The number of benzene rings is 3. The Labute approximate surface area is 210 Å². The zero-order valence-electron chi connectivity index (χ0n) is 20.6. The van der Waals surface area contributed by atoms with Crippen LogP contribution >= 0.6 is 12.4 Å². The Hall–Kier alpha value is -2.69. The molecule has 3 unspecified atom stereocenters. The molecule has 1 aliphatic rings. The third kappa shape index (κ3) is 6.25. The second kappa shape index (κ2) is 12.1. The van der Waals surface area contributed by atoms with Crippen LogP contribution in [0.4, 0.5) is 0 Å². The Bertz CT molecular complexity index is 1030. The van der Waals surface area contributed by atoms with Gasteiger partial charge in [-0.15, -0.1) is 12.4 Å². The van der Waals surface area contributed by atoms with Crippen LogP contribution in [0.5, 0.6) is 17.2 Å². The normalized spacial score (nSPS) is 17.8. The summed E-state index contributed by atoms with van der Waals surface area (Å²) >= 11 is 0. The van der Waals surface area contributed by atoms with Crippen LogP contribution in [0.15, 0.2) is 72.8 Å². The lowest BCUT2D eigenvalue weighted by Gasteiger charge is -2.33. The molecular weight excluding hydrogens is 446 g/mol. The average Bonchev–Trinajstić information content (AvgIpc) is 2.84. The van der Waals surface area contributed by atoms with E-state index in [9.17, 15) is 0 Å². The van der Waals surface area contributed by atoms with Crippen molar-refractivity contribution in [2.45, 2.75) is 44.8 Å². The van der Waals surface area contributed by atoms with Gasteiger partial charge in [0.15, 0.2) is 0 Å². The van der Waals surface area contributed by atoms with Crippen molar-refractivity contribution in [3.63, 3.8) is 0 Å². The summed E-state index contributed by atoms with van der Waals surface area (Å²) in [5, 5.41) is 0. The first-order valence-corrected chi connectivity index (χ1v) is 11.9. The van der Waals surface area contributed by atoms with Gasteiger partial charge < -0.3 is 19.1 Å². The highest BCUT2D eigenvalue weighted by molar-refractivity contribution is 5.85. The molecule has 182 valence electrons. The van der Waals surface area contributed by atoms with Gasteiger partial charge in [-0.25, -0.2) is 0 Å². The average molecular weight is 482 g/mol. The van der Waals surface area contributed by atoms with Crippen LogP contribution in [-0.2, 0) is 0 Å². The van der Waals surface area contributed by atoms with Gasteiger partial charge in [-0.3, -0.25) is 0 Å². The van der Waals surface area contributed by atoms with Crippen molar-refractivity contribution in [1.29, 1.82) is 0 Å². The Balaban J connectivity index is 0.00000324. The molecule has 1 heterocycles. The van der Waals surface area contributed by atoms with Crippen LogP contribution < -0.4 is 14.2 Å². The number of hydrogen-bond donors (Lipinski definition) is 0. The third-order valence-corrected chi connectivity index (χ3v) is 6.47. The first kappa shape index (κ1) is 25.9. The van der Waals surface area contributed by atoms with Crippen molar-refractivity contribution in [1.82, 2.24) is 4.90 Å². The van der Waals surface area contributed by atoms with Gasteiger partial charge in [0.05, 0.1) is 7.11 Å². The predicted octanol–water partition coefficient (Wildman–Crippen LogP) is 7.21. The highest BCUT2D eigenvalue weighted by Gasteiger charge is 2.28. The highest BCUT2D eigenvalue weighted by atomic mass is 35.5. The molecule has 1 aliphatic heterocycles. The number of piperidine rings is 1. The van der Waals surface area contributed by atoms with Crippen LogP contribution in [0.25, 0.3) is 0 Å². The smallest absolute Gasteiger partial charge is 0.123 e. The van der Waals surface area contributed by atoms with Crippen molar-refractivity contribution in [2.24, 2.45) is 0 Å². The van der Waals surface area contributed by atoms with E-state index in [-0.39, 0.29) is 24.6 Å². The predicted molar refractivity (Wildman–Crippen MR) is 141 cm³/mol. The lowest BCUT2D eigenvalue weighted by Crippen LogP contribution is -2.31. The van der Waals surface area contributed by atoms with E-state index in [0.717, 1.165) is 42.3 Å². The number of halogens is 1. The molecular formula is C29H36ClNO3. The van der Waals surface area contributed by atoms with Crippen LogP contribution in [-0.4, -0.2) is 32.1 Å². The number of rotatable bonds is 8. The Kier molecular flexibility index (Phi) is 9.26.